The molecule has 0 saturated carbocycles. The lowest BCUT2D eigenvalue weighted by Crippen LogP contribution is -2.58. The number of rotatable bonds is 2. The van der Waals surface area contributed by atoms with Gasteiger partial charge in [-0.3, -0.25) is 0 Å². The van der Waals surface area contributed by atoms with Gasteiger partial charge in [-0.2, -0.15) is 17.0 Å². The minimum atomic E-state index is -3.27. The number of hydrogen-bond acceptors (Lipinski definition) is 3. The molecule has 5 nitrogen and oxygen atoms in total. The monoisotopic (exact) mass is 311 g/mol. The van der Waals surface area contributed by atoms with E-state index in [1.54, 1.807) is 8.61 Å². The molecule has 3 atom stereocenters. The van der Waals surface area contributed by atoms with Crippen LogP contribution in [0, 0.1) is 11.8 Å². The molecule has 0 amide bonds. The first-order chi connectivity index (χ1) is 8.41. The topological polar surface area (TPSA) is 52.7 Å². The normalized spacial score (nSPS) is 34.8. The summed E-state index contributed by atoms with van der Waals surface area (Å²) in [7, 11) is -3.27. The van der Waals surface area contributed by atoms with Crippen LogP contribution in [0.3, 0.4) is 0 Å². The molecule has 0 radical (unpaired) electrons. The van der Waals surface area contributed by atoms with Crippen LogP contribution in [0.4, 0.5) is 0 Å². The lowest BCUT2D eigenvalue weighted by molar-refractivity contribution is 0.194. The zero-order chi connectivity index (χ0) is 13.3. The summed E-state index contributed by atoms with van der Waals surface area (Å²) in [5.74, 6) is 0.920. The fraction of sp³-hybridized carbons (Fsp3) is 1.00. The number of piperidine rings is 1. The van der Waals surface area contributed by atoms with Gasteiger partial charge in [0.15, 0.2) is 0 Å². The van der Waals surface area contributed by atoms with Crippen molar-refractivity contribution in [1.29, 1.82) is 0 Å². The smallest absolute Gasteiger partial charge is 0.282 e. The molecule has 2 unspecified atom stereocenters. The van der Waals surface area contributed by atoms with E-state index in [2.05, 4.69) is 19.2 Å². The Labute approximate surface area is 123 Å². The predicted octanol–water partition coefficient (Wildman–Crippen LogP) is 0.925. The van der Waals surface area contributed by atoms with Crippen LogP contribution in [0.2, 0.25) is 0 Å². The van der Waals surface area contributed by atoms with E-state index in [-0.39, 0.29) is 18.4 Å². The molecule has 1 N–H and O–H groups in total. The molecule has 19 heavy (non-hydrogen) atoms. The van der Waals surface area contributed by atoms with Gasteiger partial charge < -0.3 is 5.32 Å². The average molecular weight is 312 g/mol. The van der Waals surface area contributed by atoms with Crippen molar-refractivity contribution in [2.24, 2.45) is 11.8 Å². The molecule has 0 aromatic carbocycles. The van der Waals surface area contributed by atoms with E-state index in [0.717, 1.165) is 19.5 Å². The Kier molecular flexibility index (Phi) is 6.07. The molecule has 0 aromatic heterocycles. The minimum absolute atomic E-state index is 0. The Balaban J connectivity index is 0.00000180. The maximum absolute atomic E-state index is 12.7. The van der Waals surface area contributed by atoms with Gasteiger partial charge in [0.1, 0.15) is 0 Å². The first kappa shape index (κ1) is 17.2. The summed E-state index contributed by atoms with van der Waals surface area (Å²) in [4.78, 5) is 0. The molecule has 0 aromatic rings. The number of hydrogen-bond donors (Lipinski definition) is 1. The summed E-state index contributed by atoms with van der Waals surface area (Å²) >= 11 is 0. The van der Waals surface area contributed by atoms with E-state index in [9.17, 15) is 8.42 Å². The Morgan fingerprint density at radius 1 is 1.11 bits per heavy atom. The Bertz CT molecular complexity index is 380. The third-order valence-electron chi connectivity index (χ3n) is 3.90. The van der Waals surface area contributed by atoms with Crippen LogP contribution in [0.25, 0.3) is 0 Å². The highest BCUT2D eigenvalue weighted by molar-refractivity contribution is 7.86. The van der Waals surface area contributed by atoms with E-state index in [0.29, 0.717) is 31.5 Å². The zero-order valence-electron chi connectivity index (χ0n) is 12.0. The van der Waals surface area contributed by atoms with Crippen molar-refractivity contribution in [1.82, 2.24) is 13.9 Å². The van der Waals surface area contributed by atoms with Crippen molar-refractivity contribution in [2.45, 2.75) is 33.2 Å². The molecule has 2 fully saturated rings. The van der Waals surface area contributed by atoms with Crippen molar-refractivity contribution < 1.29 is 8.42 Å². The highest BCUT2D eigenvalue weighted by atomic mass is 35.5. The summed E-state index contributed by atoms with van der Waals surface area (Å²) in [6, 6.07) is 0.0521. The molecule has 2 heterocycles. The molecule has 114 valence electrons. The summed E-state index contributed by atoms with van der Waals surface area (Å²) in [5.41, 5.74) is 0. The number of halogens is 1. The third-order valence-corrected chi connectivity index (χ3v) is 5.98. The lowest BCUT2D eigenvalue weighted by Gasteiger charge is -2.40. The molecule has 0 bridgehead atoms. The van der Waals surface area contributed by atoms with Gasteiger partial charge in [0.2, 0.25) is 0 Å². The summed E-state index contributed by atoms with van der Waals surface area (Å²) in [6.07, 6.45) is 1.13. The van der Waals surface area contributed by atoms with Crippen LogP contribution in [0.5, 0.6) is 0 Å². The molecule has 2 aliphatic heterocycles. The van der Waals surface area contributed by atoms with Gasteiger partial charge in [-0.15, -0.1) is 12.4 Å². The maximum Gasteiger partial charge on any atom is 0.282 e. The predicted molar refractivity (Wildman–Crippen MR) is 79.7 cm³/mol. The van der Waals surface area contributed by atoms with Crippen LogP contribution in [0.15, 0.2) is 0 Å². The number of nitrogens with one attached hydrogen (secondary N) is 1. The second-order valence-electron chi connectivity index (χ2n) is 5.93. The van der Waals surface area contributed by atoms with Gasteiger partial charge >= 0.3 is 0 Å². The van der Waals surface area contributed by atoms with Gasteiger partial charge in [0, 0.05) is 38.8 Å². The van der Waals surface area contributed by atoms with Gasteiger partial charge in [0.25, 0.3) is 10.2 Å². The van der Waals surface area contributed by atoms with Gasteiger partial charge in [-0.25, -0.2) is 0 Å². The van der Waals surface area contributed by atoms with Crippen molar-refractivity contribution in [2.75, 3.05) is 32.7 Å². The van der Waals surface area contributed by atoms with E-state index in [1.165, 1.54) is 0 Å². The van der Waals surface area contributed by atoms with Crippen LogP contribution in [-0.2, 0) is 10.2 Å². The fourth-order valence-electron chi connectivity index (χ4n) is 3.11. The first-order valence-corrected chi connectivity index (χ1v) is 8.28. The summed E-state index contributed by atoms with van der Waals surface area (Å²) in [5, 5.41) is 3.23. The van der Waals surface area contributed by atoms with Gasteiger partial charge in [-0.1, -0.05) is 13.8 Å². The minimum Gasteiger partial charge on any atom is -0.314 e. The molecule has 7 heteroatoms. The molecule has 2 saturated heterocycles. The Morgan fingerprint density at radius 3 is 2.21 bits per heavy atom. The lowest BCUT2D eigenvalue weighted by atomic mass is 9.94. The third kappa shape index (κ3) is 3.82. The van der Waals surface area contributed by atoms with Crippen molar-refractivity contribution >= 4 is 22.6 Å². The second-order valence-corrected chi connectivity index (χ2v) is 7.82. The summed E-state index contributed by atoms with van der Waals surface area (Å²) in [6.45, 7) is 9.68. The Morgan fingerprint density at radius 2 is 1.68 bits per heavy atom. The van der Waals surface area contributed by atoms with Crippen molar-refractivity contribution in [3.8, 4) is 0 Å². The zero-order valence-corrected chi connectivity index (χ0v) is 13.6. The summed E-state index contributed by atoms with van der Waals surface area (Å²) < 4.78 is 28.7. The molecular formula is C12H26ClN3O2S. The molecule has 2 rings (SSSR count). The standard InChI is InChI=1S/C12H25N3O2S.ClH/c1-10-6-11(2)9-14(8-10)18(16,17)15-5-4-13-7-12(15)3;/h10-13H,4-9H2,1-3H3;1H/t10?,11?,12-;/m1./s1. The number of nitrogens with zero attached hydrogens (tertiary/aromatic N) is 2. The van der Waals surface area contributed by atoms with Gasteiger partial charge in [0.05, 0.1) is 0 Å². The first-order valence-electron chi connectivity index (χ1n) is 6.89. The highest BCUT2D eigenvalue weighted by Gasteiger charge is 2.37. The van der Waals surface area contributed by atoms with Gasteiger partial charge in [-0.05, 0) is 25.2 Å². The molecule has 2 aliphatic rings. The average Bonchev–Trinajstić information content (AvgIpc) is 2.28. The van der Waals surface area contributed by atoms with E-state index in [4.69, 9.17) is 0 Å². The number of piperazine rings is 1. The van der Waals surface area contributed by atoms with E-state index in [1.807, 2.05) is 6.92 Å². The van der Waals surface area contributed by atoms with E-state index < -0.39 is 10.2 Å². The Hall–Kier alpha value is 0.120. The molecular weight excluding hydrogens is 286 g/mol. The SMILES string of the molecule is CC1CC(C)CN(S(=O)(=O)N2CCNC[C@H]2C)C1.Cl. The van der Waals surface area contributed by atoms with Crippen LogP contribution >= 0.6 is 12.4 Å². The van der Waals surface area contributed by atoms with Crippen molar-refractivity contribution in [3.63, 3.8) is 0 Å². The maximum atomic E-state index is 12.7. The van der Waals surface area contributed by atoms with Crippen molar-refractivity contribution in [3.05, 3.63) is 0 Å². The molecule has 0 aliphatic carbocycles. The van der Waals surface area contributed by atoms with Crippen LogP contribution < -0.4 is 5.32 Å². The van der Waals surface area contributed by atoms with Crippen LogP contribution in [0.1, 0.15) is 27.2 Å². The quantitative estimate of drug-likeness (QED) is 0.825. The highest BCUT2D eigenvalue weighted by Crippen LogP contribution is 2.25. The fourth-order valence-corrected chi connectivity index (χ4v) is 5.14. The van der Waals surface area contributed by atoms with Crippen LogP contribution in [-0.4, -0.2) is 55.8 Å². The second kappa shape index (κ2) is 6.72. The molecule has 0 spiro atoms. The van der Waals surface area contributed by atoms with E-state index >= 15 is 0 Å². The largest absolute Gasteiger partial charge is 0.314 e.